The van der Waals surface area contributed by atoms with Gasteiger partial charge in [-0.3, -0.25) is 4.79 Å². The largest absolute Gasteiger partial charge is 0.329 e. The van der Waals surface area contributed by atoms with Crippen LogP contribution in [0.4, 0.5) is 4.39 Å². The highest BCUT2D eigenvalue weighted by Crippen LogP contribution is 2.38. The Morgan fingerprint density at radius 3 is 2.67 bits per heavy atom. The molecule has 0 N–H and O–H groups in total. The number of benzene rings is 2. The van der Waals surface area contributed by atoms with Crippen molar-refractivity contribution < 1.29 is 9.18 Å². The highest BCUT2D eigenvalue weighted by Gasteiger charge is 2.39. The van der Waals surface area contributed by atoms with E-state index < -0.39 is 5.95 Å². The lowest BCUT2D eigenvalue weighted by Crippen LogP contribution is -2.36. The van der Waals surface area contributed by atoms with Crippen molar-refractivity contribution in [1.82, 2.24) is 14.7 Å². The Balaban J connectivity index is 1.78. The number of fused-ring (bicyclic) bond motifs is 1. The van der Waals surface area contributed by atoms with Crippen LogP contribution in [-0.2, 0) is 13.5 Å². The molecule has 0 spiro atoms. The predicted molar refractivity (Wildman–Crippen MR) is 104 cm³/mol. The molecule has 1 saturated carbocycles. The zero-order valence-corrected chi connectivity index (χ0v) is 15.9. The quantitative estimate of drug-likeness (QED) is 0.661. The molecule has 4 rings (SSSR count). The van der Waals surface area contributed by atoms with Gasteiger partial charge in [-0.15, -0.1) is 0 Å². The second-order valence-corrected chi connectivity index (χ2v) is 7.28. The average molecular weight is 365 g/mol. The van der Waals surface area contributed by atoms with Crippen molar-refractivity contribution in [3.63, 3.8) is 0 Å². The average Bonchev–Trinajstić information content (AvgIpc) is 3.46. The van der Waals surface area contributed by atoms with Crippen molar-refractivity contribution in [1.29, 1.82) is 0 Å². The summed E-state index contributed by atoms with van der Waals surface area (Å²) in [4.78, 5) is 15.3. The van der Waals surface area contributed by atoms with E-state index in [4.69, 9.17) is 0 Å². The first-order chi connectivity index (χ1) is 13.0. The second-order valence-electron chi connectivity index (χ2n) is 7.28. The van der Waals surface area contributed by atoms with Gasteiger partial charge >= 0.3 is 0 Å². The molecule has 1 heterocycles. The minimum absolute atomic E-state index is 0.124. The Bertz CT molecular complexity index is 1000. The molecule has 1 atom stereocenters. The molecule has 3 aromatic rings. The summed E-state index contributed by atoms with van der Waals surface area (Å²) in [6.45, 7) is 3.94. The zero-order valence-electron chi connectivity index (χ0n) is 15.9. The van der Waals surface area contributed by atoms with Crippen LogP contribution in [0.25, 0.3) is 10.8 Å². The van der Waals surface area contributed by atoms with Crippen molar-refractivity contribution in [2.75, 3.05) is 0 Å². The standard InChI is InChI=1S/C22H24FN3O/c1-4-19-20(21(23)25(3)24-19)22(27)26(16-12-13-16)14(2)17-11-7-9-15-8-5-6-10-18(15)17/h5-11,14,16H,4,12-13H2,1-3H3. The fourth-order valence-electron chi connectivity index (χ4n) is 3.92. The third kappa shape index (κ3) is 3.01. The maximum Gasteiger partial charge on any atom is 0.261 e. The van der Waals surface area contributed by atoms with Crippen LogP contribution in [0.5, 0.6) is 0 Å². The van der Waals surface area contributed by atoms with Crippen LogP contribution in [0.2, 0.25) is 0 Å². The van der Waals surface area contributed by atoms with Crippen molar-refractivity contribution in [3.8, 4) is 0 Å². The second kappa shape index (κ2) is 6.80. The summed E-state index contributed by atoms with van der Waals surface area (Å²) in [5, 5.41) is 6.47. The summed E-state index contributed by atoms with van der Waals surface area (Å²) in [5.74, 6) is -0.798. The number of nitrogens with zero attached hydrogens (tertiary/aromatic N) is 3. The lowest BCUT2D eigenvalue weighted by molar-refractivity contribution is 0.0668. The fraction of sp³-hybridized carbons (Fsp3) is 0.364. The number of amides is 1. The van der Waals surface area contributed by atoms with E-state index in [0.29, 0.717) is 12.1 Å². The van der Waals surface area contributed by atoms with Crippen LogP contribution in [0.15, 0.2) is 42.5 Å². The normalized spacial score (nSPS) is 15.1. The number of aryl methyl sites for hydroxylation is 2. The maximum atomic E-state index is 14.7. The molecule has 5 heteroatoms. The highest BCUT2D eigenvalue weighted by molar-refractivity contribution is 5.96. The SMILES string of the molecule is CCc1nn(C)c(F)c1C(=O)N(C1CC1)C(C)c1cccc2ccccc12. The van der Waals surface area contributed by atoms with Crippen LogP contribution in [0.1, 0.15) is 54.3 Å². The van der Waals surface area contributed by atoms with Crippen LogP contribution >= 0.6 is 0 Å². The van der Waals surface area contributed by atoms with Gasteiger partial charge in [-0.1, -0.05) is 49.4 Å². The topological polar surface area (TPSA) is 38.1 Å². The van der Waals surface area contributed by atoms with Crippen molar-refractivity contribution in [3.05, 3.63) is 65.2 Å². The zero-order chi connectivity index (χ0) is 19.1. The van der Waals surface area contributed by atoms with Crippen molar-refractivity contribution in [2.24, 2.45) is 7.05 Å². The number of halogens is 1. The van der Waals surface area contributed by atoms with Gasteiger partial charge in [0.05, 0.1) is 11.7 Å². The van der Waals surface area contributed by atoms with Gasteiger partial charge in [-0.2, -0.15) is 9.49 Å². The Morgan fingerprint density at radius 2 is 1.96 bits per heavy atom. The van der Waals surface area contributed by atoms with Crippen LogP contribution in [0, 0.1) is 5.95 Å². The van der Waals surface area contributed by atoms with E-state index in [-0.39, 0.29) is 23.6 Å². The van der Waals surface area contributed by atoms with Gasteiger partial charge in [0.15, 0.2) is 0 Å². The molecule has 0 aliphatic heterocycles. The summed E-state index contributed by atoms with van der Waals surface area (Å²) >= 11 is 0. The van der Waals surface area contributed by atoms with Crippen molar-refractivity contribution in [2.45, 2.75) is 45.2 Å². The third-order valence-electron chi connectivity index (χ3n) is 5.46. The summed E-state index contributed by atoms with van der Waals surface area (Å²) in [6, 6.07) is 14.4. The lowest BCUT2D eigenvalue weighted by Gasteiger charge is -2.30. The van der Waals surface area contributed by atoms with E-state index >= 15 is 0 Å². The molecule has 0 saturated heterocycles. The van der Waals surface area contributed by atoms with E-state index in [1.54, 1.807) is 7.05 Å². The molecule has 1 aromatic heterocycles. The number of hydrogen-bond donors (Lipinski definition) is 0. The van der Waals surface area contributed by atoms with Gasteiger partial charge in [-0.05, 0) is 42.5 Å². The number of hydrogen-bond acceptors (Lipinski definition) is 2. The fourth-order valence-corrected chi connectivity index (χ4v) is 3.92. The molecule has 1 aliphatic carbocycles. The number of rotatable bonds is 5. The van der Waals surface area contributed by atoms with Gasteiger partial charge < -0.3 is 4.90 Å². The molecule has 27 heavy (non-hydrogen) atoms. The van der Waals surface area contributed by atoms with Gasteiger partial charge in [-0.25, -0.2) is 4.68 Å². The summed E-state index contributed by atoms with van der Waals surface area (Å²) in [7, 11) is 1.54. The minimum atomic E-state index is -0.549. The molecular weight excluding hydrogens is 341 g/mol. The number of aromatic nitrogens is 2. The number of carbonyl (C=O) groups is 1. The molecule has 140 valence electrons. The molecule has 1 aliphatic rings. The van der Waals surface area contributed by atoms with Gasteiger partial charge in [0, 0.05) is 13.1 Å². The predicted octanol–water partition coefficient (Wildman–Crippen LogP) is 4.64. The Kier molecular flexibility index (Phi) is 4.46. The summed E-state index contributed by atoms with van der Waals surface area (Å²) in [5.41, 5.74) is 1.74. The van der Waals surface area contributed by atoms with E-state index in [0.717, 1.165) is 29.2 Å². The molecule has 4 nitrogen and oxygen atoms in total. The van der Waals surface area contributed by atoms with E-state index in [1.165, 1.54) is 4.68 Å². The minimum Gasteiger partial charge on any atom is -0.329 e. The van der Waals surface area contributed by atoms with E-state index in [2.05, 4.69) is 29.4 Å². The smallest absolute Gasteiger partial charge is 0.261 e. The first-order valence-electron chi connectivity index (χ1n) is 9.54. The van der Waals surface area contributed by atoms with Gasteiger partial charge in [0.2, 0.25) is 5.95 Å². The Hall–Kier alpha value is -2.69. The van der Waals surface area contributed by atoms with Gasteiger partial charge in [0.1, 0.15) is 5.56 Å². The van der Waals surface area contributed by atoms with Crippen LogP contribution in [0.3, 0.4) is 0 Å². The first-order valence-corrected chi connectivity index (χ1v) is 9.54. The van der Waals surface area contributed by atoms with E-state index in [9.17, 15) is 9.18 Å². The molecule has 1 fully saturated rings. The van der Waals surface area contributed by atoms with Crippen LogP contribution < -0.4 is 0 Å². The highest BCUT2D eigenvalue weighted by atomic mass is 19.1. The molecule has 0 bridgehead atoms. The summed E-state index contributed by atoms with van der Waals surface area (Å²) < 4.78 is 15.8. The summed E-state index contributed by atoms with van der Waals surface area (Å²) in [6.07, 6.45) is 2.45. The van der Waals surface area contributed by atoms with E-state index in [1.807, 2.05) is 36.9 Å². The lowest BCUT2D eigenvalue weighted by atomic mass is 9.98. The first kappa shape index (κ1) is 17.7. The Morgan fingerprint density at radius 1 is 1.26 bits per heavy atom. The van der Waals surface area contributed by atoms with Crippen molar-refractivity contribution >= 4 is 16.7 Å². The monoisotopic (exact) mass is 365 g/mol. The number of carbonyl (C=O) groups excluding carboxylic acids is 1. The van der Waals surface area contributed by atoms with Crippen LogP contribution in [-0.4, -0.2) is 26.6 Å². The maximum absolute atomic E-state index is 14.7. The molecular formula is C22H24FN3O. The molecule has 0 radical (unpaired) electrons. The third-order valence-corrected chi connectivity index (χ3v) is 5.46. The molecule has 1 amide bonds. The molecule has 2 aromatic carbocycles. The Labute approximate surface area is 158 Å². The molecule has 1 unspecified atom stereocenters. The van der Waals surface area contributed by atoms with Gasteiger partial charge in [0.25, 0.3) is 5.91 Å².